The lowest BCUT2D eigenvalue weighted by atomic mass is 9.89. The molecule has 27 heavy (non-hydrogen) atoms. The Labute approximate surface area is 164 Å². The van der Waals surface area contributed by atoms with Gasteiger partial charge in [0.25, 0.3) is 5.91 Å². The summed E-state index contributed by atoms with van der Waals surface area (Å²) in [5.41, 5.74) is 2.61. The first-order valence-electron chi connectivity index (χ1n) is 9.61. The smallest absolute Gasteiger partial charge is 0.257 e. The summed E-state index contributed by atoms with van der Waals surface area (Å²) in [5.74, 6) is 0.271. The molecule has 0 saturated heterocycles. The minimum absolute atomic E-state index is 0.216. The summed E-state index contributed by atoms with van der Waals surface area (Å²) in [6, 6.07) is 3.55. The second-order valence-corrected chi connectivity index (χ2v) is 8.11. The first-order valence-corrected chi connectivity index (χ1v) is 10.6. The van der Waals surface area contributed by atoms with Crippen LogP contribution in [0.4, 0.5) is 0 Å². The summed E-state index contributed by atoms with van der Waals surface area (Å²) in [6.07, 6.45) is 6.24. The minimum atomic E-state index is -0.323. The average Bonchev–Trinajstić information content (AvgIpc) is 3.17. The molecule has 1 fully saturated rings. The highest BCUT2D eigenvalue weighted by Gasteiger charge is 2.22. The van der Waals surface area contributed by atoms with E-state index in [0.717, 1.165) is 17.8 Å². The molecule has 146 valence electrons. The second-order valence-electron chi connectivity index (χ2n) is 7.33. The largest absolute Gasteiger partial charge is 0.378 e. The first kappa shape index (κ1) is 19.8. The Balaban J connectivity index is 1.89. The van der Waals surface area contributed by atoms with Crippen molar-refractivity contribution < 1.29 is 9.53 Å². The van der Waals surface area contributed by atoms with Crippen LogP contribution in [-0.4, -0.2) is 17.6 Å². The van der Waals surface area contributed by atoms with Crippen molar-refractivity contribution in [2.45, 2.75) is 58.7 Å². The van der Waals surface area contributed by atoms with E-state index < -0.39 is 0 Å². The van der Waals surface area contributed by atoms with Crippen LogP contribution in [0, 0.1) is 12.8 Å². The molecular formula is C21H28N2O3S. The predicted molar refractivity (Wildman–Crippen MR) is 108 cm³/mol. The van der Waals surface area contributed by atoms with E-state index in [4.69, 9.17) is 4.74 Å². The Morgan fingerprint density at radius 2 is 2.11 bits per heavy atom. The molecule has 2 heterocycles. The third kappa shape index (κ3) is 4.87. The van der Waals surface area contributed by atoms with Gasteiger partial charge >= 0.3 is 0 Å². The van der Waals surface area contributed by atoms with Crippen LogP contribution < -0.4 is 10.7 Å². The Morgan fingerprint density at radius 3 is 2.78 bits per heavy atom. The summed E-state index contributed by atoms with van der Waals surface area (Å²) in [4.78, 5) is 25.5. The number of nitrogens with one attached hydrogen (secondary N) is 1. The van der Waals surface area contributed by atoms with Crippen molar-refractivity contribution in [2.24, 2.45) is 5.92 Å². The molecule has 1 saturated carbocycles. The van der Waals surface area contributed by atoms with Crippen LogP contribution in [-0.2, 0) is 24.4 Å². The molecule has 0 spiro atoms. The molecule has 1 N–H and O–H groups in total. The third-order valence-corrected chi connectivity index (χ3v) is 6.07. The van der Waals surface area contributed by atoms with E-state index in [1.165, 1.54) is 32.1 Å². The second kappa shape index (κ2) is 9.33. The van der Waals surface area contributed by atoms with Crippen LogP contribution in [0.25, 0.3) is 0 Å². The van der Waals surface area contributed by atoms with Crippen molar-refractivity contribution >= 4 is 17.2 Å². The van der Waals surface area contributed by atoms with Crippen LogP contribution in [0.1, 0.15) is 59.4 Å². The van der Waals surface area contributed by atoms with Crippen molar-refractivity contribution in [3.8, 4) is 0 Å². The summed E-state index contributed by atoms with van der Waals surface area (Å²) in [5, 5.41) is 6.86. The van der Waals surface area contributed by atoms with Gasteiger partial charge in [0.05, 0.1) is 12.3 Å². The summed E-state index contributed by atoms with van der Waals surface area (Å²) >= 11 is 1.59. The zero-order valence-electron chi connectivity index (χ0n) is 16.1. The molecule has 5 nitrogen and oxygen atoms in total. The van der Waals surface area contributed by atoms with Gasteiger partial charge < -0.3 is 14.6 Å². The maximum Gasteiger partial charge on any atom is 0.257 e. The van der Waals surface area contributed by atoms with E-state index in [1.807, 2.05) is 23.8 Å². The van der Waals surface area contributed by atoms with Crippen molar-refractivity contribution in [1.29, 1.82) is 0 Å². The summed E-state index contributed by atoms with van der Waals surface area (Å²) in [7, 11) is 1.60. The first-order chi connectivity index (χ1) is 13.1. The van der Waals surface area contributed by atoms with E-state index in [9.17, 15) is 9.59 Å². The van der Waals surface area contributed by atoms with E-state index in [0.29, 0.717) is 18.2 Å². The highest BCUT2D eigenvalue weighted by atomic mass is 32.1. The normalized spacial score (nSPS) is 15.0. The standard InChI is InChI=1S/C21H28N2O3S/c1-15-10-19(24)20(21(25)22-11-17-8-9-27-14-17)18(13-26-2)23(15)12-16-6-4-3-5-7-16/h8-10,14,16H,3-7,11-13H2,1-2H3,(H,22,25). The van der Waals surface area contributed by atoms with Gasteiger partial charge in [-0.1, -0.05) is 19.3 Å². The Morgan fingerprint density at radius 1 is 1.33 bits per heavy atom. The van der Waals surface area contributed by atoms with Crippen LogP contribution in [0.2, 0.25) is 0 Å². The van der Waals surface area contributed by atoms with E-state index in [-0.39, 0.29) is 23.5 Å². The van der Waals surface area contributed by atoms with Crippen LogP contribution in [0.3, 0.4) is 0 Å². The van der Waals surface area contributed by atoms with Crippen molar-refractivity contribution in [1.82, 2.24) is 9.88 Å². The molecule has 2 aromatic heterocycles. The van der Waals surface area contributed by atoms with Gasteiger partial charge in [0.2, 0.25) is 0 Å². The fourth-order valence-electron chi connectivity index (χ4n) is 3.91. The lowest BCUT2D eigenvalue weighted by molar-refractivity contribution is 0.0941. The zero-order valence-corrected chi connectivity index (χ0v) is 16.9. The summed E-state index contributed by atoms with van der Waals surface area (Å²) in [6.45, 7) is 3.46. The molecule has 0 bridgehead atoms. The number of carbonyl (C=O) groups excluding carboxylic acids is 1. The highest BCUT2D eigenvalue weighted by Crippen LogP contribution is 2.26. The zero-order chi connectivity index (χ0) is 19.2. The van der Waals surface area contributed by atoms with Gasteiger partial charge in [-0.25, -0.2) is 0 Å². The molecule has 0 unspecified atom stereocenters. The van der Waals surface area contributed by atoms with E-state index in [2.05, 4.69) is 9.88 Å². The van der Waals surface area contributed by atoms with Crippen LogP contribution >= 0.6 is 11.3 Å². The molecule has 0 aliphatic heterocycles. The maximum atomic E-state index is 12.8. The predicted octanol–water partition coefficient (Wildman–Crippen LogP) is 3.87. The van der Waals surface area contributed by atoms with Gasteiger partial charge in [-0.15, -0.1) is 0 Å². The molecule has 0 aromatic carbocycles. The fourth-order valence-corrected chi connectivity index (χ4v) is 4.57. The number of hydrogen-bond acceptors (Lipinski definition) is 4. The highest BCUT2D eigenvalue weighted by molar-refractivity contribution is 7.07. The van der Waals surface area contributed by atoms with Crippen molar-refractivity contribution in [3.63, 3.8) is 0 Å². The number of amides is 1. The fraction of sp³-hybridized carbons (Fsp3) is 0.524. The number of aryl methyl sites for hydroxylation is 1. The molecule has 1 amide bonds. The van der Waals surface area contributed by atoms with Gasteiger partial charge in [-0.3, -0.25) is 9.59 Å². The third-order valence-electron chi connectivity index (χ3n) is 5.33. The van der Waals surface area contributed by atoms with Crippen molar-refractivity contribution in [3.05, 3.63) is 55.6 Å². The van der Waals surface area contributed by atoms with Gasteiger partial charge in [-0.2, -0.15) is 11.3 Å². The molecular weight excluding hydrogens is 360 g/mol. The van der Waals surface area contributed by atoms with Gasteiger partial charge in [0.1, 0.15) is 5.56 Å². The maximum absolute atomic E-state index is 12.8. The number of rotatable bonds is 7. The van der Waals surface area contributed by atoms with E-state index in [1.54, 1.807) is 24.5 Å². The quantitative estimate of drug-likeness (QED) is 0.783. The molecule has 3 rings (SSSR count). The molecule has 1 aliphatic carbocycles. The Bertz CT molecular complexity index is 821. The van der Waals surface area contributed by atoms with E-state index >= 15 is 0 Å². The molecule has 0 radical (unpaired) electrons. The van der Waals surface area contributed by atoms with Crippen LogP contribution in [0.15, 0.2) is 27.7 Å². The Kier molecular flexibility index (Phi) is 6.85. The number of pyridine rings is 1. The minimum Gasteiger partial charge on any atom is -0.378 e. The molecule has 2 aromatic rings. The number of hydrogen-bond donors (Lipinski definition) is 1. The molecule has 6 heteroatoms. The Hall–Kier alpha value is -1.92. The average molecular weight is 389 g/mol. The lowest BCUT2D eigenvalue weighted by Gasteiger charge is -2.27. The van der Waals surface area contributed by atoms with Gasteiger partial charge in [-0.05, 0) is 48.1 Å². The number of nitrogens with zero attached hydrogens (tertiary/aromatic N) is 1. The van der Waals surface area contributed by atoms with Crippen LogP contribution in [0.5, 0.6) is 0 Å². The number of thiophene rings is 1. The van der Waals surface area contributed by atoms with Gasteiger partial charge in [0, 0.05) is 32.0 Å². The van der Waals surface area contributed by atoms with Gasteiger partial charge in [0.15, 0.2) is 5.43 Å². The number of carbonyl (C=O) groups is 1. The number of aromatic nitrogens is 1. The number of ether oxygens (including phenoxy) is 1. The van der Waals surface area contributed by atoms with Crippen molar-refractivity contribution in [2.75, 3.05) is 7.11 Å². The lowest BCUT2D eigenvalue weighted by Crippen LogP contribution is -2.33. The molecule has 0 atom stereocenters. The number of methoxy groups -OCH3 is 1. The topological polar surface area (TPSA) is 60.3 Å². The SMILES string of the molecule is COCc1c(C(=O)NCc2ccsc2)c(=O)cc(C)n1CC1CCCCC1. The summed E-state index contributed by atoms with van der Waals surface area (Å²) < 4.78 is 7.50. The monoisotopic (exact) mass is 388 g/mol. The molecule has 1 aliphatic rings.